The first-order valence-corrected chi connectivity index (χ1v) is 11.2. The molecule has 37 heavy (non-hydrogen) atoms. The van der Waals surface area contributed by atoms with Gasteiger partial charge in [0, 0.05) is 37.5 Å². The van der Waals surface area contributed by atoms with Gasteiger partial charge in [-0.15, -0.1) is 13.2 Å². The van der Waals surface area contributed by atoms with Gasteiger partial charge in [0.1, 0.15) is 22.5 Å². The maximum absolute atomic E-state index is 14.7. The van der Waals surface area contributed by atoms with Gasteiger partial charge >= 0.3 is 6.36 Å². The number of hydrogen-bond donors (Lipinski definition) is 0. The number of nitrogens with zero attached hydrogens (tertiary/aromatic N) is 4. The van der Waals surface area contributed by atoms with Gasteiger partial charge in [0.15, 0.2) is 23.0 Å². The lowest BCUT2D eigenvalue weighted by Gasteiger charge is -2.32. The molecule has 192 valence electrons. The SMILES string of the molecule is Cc1cn(-c2ccc3n(c2=O)CCN(C[C@@]24C(=O)[C@]2(C)Oc2c(F)cc(OC(F)(F)F)cc24)C3=O)cn1. The fourth-order valence-corrected chi connectivity index (χ4v) is 5.39. The molecule has 4 heterocycles. The van der Waals surface area contributed by atoms with Gasteiger partial charge in [0.25, 0.3) is 11.5 Å². The van der Waals surface area contributed by atoms with Crippen molar-refractivity contribution in [1.29, 1.82) is 0 Å². The molecule has 0 N–H and O–H groups in total. The molecule has 1 aromatic carbocycles. The lowest BCUT2D eigenvalue weighted by molar-refractivity contribution is -0.274. The molecule has 2 atom stereocenters. The molecule has 1 fully saturated rings. The molecule has 9 nitrogen and oxygen atoms in total. The minimum absolute atomic E-state index is 0.0415. The number of carbonyl (C=O) groups excluding carboxylic acids is 2. The summed E-state index contributed by atoms with van der Waals surface area (Å²) in [4.78, 5) is 44.8. The van der Waals surface area contributed by atoms with Crippen LogP contribution in [0.5, 0.6) is 11.5 Å². The topological polar surface area (TPSA) is 95.7 Å². The highest BCUT2D eigenvalue weighted by atomic mass is 19.4. The number of alkyl halides is 3. The fraction of sp³-hybridized carbons (Fsp3) is 0.333. The zero-order valence-electron chi connectivity index (χ0n) is 19.4. The van der Waals surface area contributed by atoms with Crippen molar-refractivity contribution >= 4 is 11.7 Å². The number of aromatic nitrogens is 3. The number of Topliss-reactive ketones (excluding diaryl/α,β-unsaturated/α-hetero) is 1. The molecule has 0 saturated heterocycles. The van der Waals surface area contributed by atoms with Crippen molar-refractivity contribution in [3.05, 3.63) is 69.9 Å². The van der Waals surface area contributed by atoms with Crippen LogP contribution in [0.3, 0.4) is 0 Å². The van der Waals surface area contributed by atoms with Crippen molar-refractivity contribution < 1.29 is 36.6 Å². The number of carbonyl (C=O) groups is 2. The molecule has 0 unspecified atom stereocenters. The molecule has 1 saturated carbocycles. The van der Waals surface area contributed by atoms with Crippen LogP contribution in [0.4, 0.5) is 17.6 Å². The lowest BCUT2D eigenvalue weighted by Crippen LogP contribution is -2.48. The van der Waals surface area contributed by atoms with Crippen molar-refractivity contribution in [3.8, 4) is 17.2 Å². The van der Waals surface area contributed by atoms with Gasteiger partial charge < -0.3 is 23.5 Å². The minimum Gasteiger partial charge on any atom is -0.475 e. The maximum atomic E-state index is 14.7. The number of aryl methyl sites for hydroxylation is 1. The molecule has 3 aromatic rings. The second-order valence-corrected chi connectivity index (χ2v) is 9.41. The van der Waals surface area contributed by atoms with Crippen molar-refractivity contribution in [2.75, 3.05) is 13.1 Å². The van der Waals surface area contributed by atoms with E-state index in [9.17, 15) is 31.9 Å². The normalized spacial score (nSPS) is 23.9. The summed E-state index contributed by atoms with van der Waals surface area (Å²) < 4.78 is 65.3. The number of pyridine rings is 1. The predicted octanol–water partition coefficient (Wildman–Crippen LogP) is 2.51. The van der Waals surface area contributed by atoms with Crippen LogP contribution in [0.2, 0.25) is 0 Å². The smallest absolute Gasteiger partial charge is 0.475 e. The average molecular weight is 518 g/mol. The third kappa shape index (κ3) is 3.15. The van der Waals surface area contributed by atoms with Crippen LogP contribution in [0.25, 0.3) is 5.69 Å². The summed E-state index contributed by atoms with van der Waals surface area (Å²) in [5.41, 5.74) is -2.53. The Hall–Kier alpha value is -4.16. The second kappa shape index (κ2) is 7.20. The standard InChI is InChI=1S/C24H18F4N4O5/c1-12-9-31(11-29-12)16-3-4-17-19(33)30(5-6-32(17)20(16)34)10-23-14-7-13(36-24(26,27)28)8-15(25)18(14)37-22(23,2)21(23)35/h3-4,7-9,11H,5-6,10H2,1-2H3/t22-,23+/m0/s1. The number of imidazole rings is 1. The first-order chi connectivity index (χ1) is 17.4. The van der Waals surface area contributed by atoms with Crippen LogP contribution in [0.15, 0.2) is 41.6 Å². The van der Waals surface area contributed by atoms with E-state index in [1.807, 2.05) is 0 Å². The zero-order valence-corrected chi connectivity index (χ0v) is 19.4. The molecule has 1 amide bonds. The van der Waals surface area contributed by atoms with Crippen LogP contribution in [-0.4, -0.2) is 55.8 Å². The molecule has 0 radical (unpaired) electrons. The Morgan fingerprint density at radius 2 is 1.92 bits per heavy atom. The minimum atomic E-state index is -5.07. The highest BCUT2D eigenvalue weighted by Crippen LogP contribution is 2.65. The van der Waals surface area contributed by atoms with E-state index in [1.165, 1.54) is 34.9 Å². The van der Waals surface area contributed by atoms with Gasteiger partial charge in [0.05, 0.1) is 12.0 Å². The van der Waals surface area contributed by atoms with Gasteiger partial charge in [-0.05, 0) is 32.0 Å². The van der Waals surface area contributed by atoms with Gasteiger partial charge in [-0.1, -0.05) is 0 Å². The van der Waals surface area contributed by atoms with Gasteiger partial charge in [-0.2, -0.15) is 0 Å². The van der Waals surface area contributed by atoms with Crippen LogP contribution in [0.1, 0.15) is 28.7 Å². The molecule has 2 aliphatic heterocycles. The number of fused-ring (bicyclic) bond motifs is 4. The third-order valence-corrected chi connectivity index (χ3v) is 7.26. The van der Waals surface area contributed by atoms with Crippen molar-refractivity contribution in [2.24, 2.45) is 0 Å². The Labute approximate surface area is 205 Å². The first kappa shape index (κ1) is 23.3. The van der Waals surface area contributed by atoms with Crippen LogP contribution < -0.4 is 15.0 Å². The Kier molecular flexibility index (Phi) is 4.53. The third-order valence-electron chi connectivity index (χ3n) is 7.26. The van der Waals surface area contributed by atoms with Crippen LogP contribution >= 0.6 is 0 Å². The molecule has 6 rings (SSSR count). The number of ether oxygens (including phenoxy) is 2. The molecular weight excluding hydrogens is 500 g/mol. The van der Waals surface area contributed by atoms with Gasteiger partial charge in [-0.3, -0.25) is 14.4 Å². The van der Waals surface area contributed by atoms with E-state index < -0.39 is 46.2 Å². The van der Waals surface area contributed by atoms with Gasteiger partial charge in [0.2, 0.25) is 0 Å². The van der Waals surface area contributed by atoms with E-state index in [4.69, 9.17) is 4.74 Å². The summed E-state index contributed by atoms with van der Waals surface area (Å²) in [5.74, 6) is -3.33. The number of halogens is 4. The Balaban J connectivity index is 1.35. The van der Waals surface area contributed by atoms with E-state index in [0.29, 0.717) is 17.4 Å². The summed E-state index contributed by atoms with van der Waals surface area (Å²) in [6.45, 7) is 3.07. The van der Waals surface area contributed by atoms with Gasteiger partial charge in [-0.25, -0.2) is 9.37 Å². The summed E-state index contributed by atoms with van der Waals surface area (Å²) in [6, 6.07) is 4.44. The number of benzene rings is 1. The Morgan fingerprint density at radius 1 is 1.16 bits per heavy atom. The second-order valence-electron chi connectivity index (χ2n) is 9.41. The fourth-order valence-electron chi connectivity index (χ4n) is 5.39. The highest BCUT2D eigenvalue weighted by Gasteiger charge is 2.83. The lowest BCUT2D eigenvalue weighted by atomic mass is 9.91. The monoisotopic (exact) mass is 518 g/mol. The molecule has 3 aliphatic rings. The summed E-state index contributed by atoms with van der Waals surface area (Å²) in [7, 11) is 0. The molecule has 1 aliphatic carbocycles. The van der Waals surface area contributed by atoms with Crippen LogP contribution in [-0.2, 0) is 16.8 Å². The molecule has 2 aromatic heterocycles. The van der Waals surface area contributed by atoms with E-state index in [-0.39, 0.29) is 36.6 Å². The van der Waals surface area contributed by atoms with Crippen molar-refractivity contribution in [1.82, 2.24) is 19.0 Å². The maximum Gasteiger partial charge on any atom is 0.573 e. The summed E-state index contributed by atoms with van der Waals surface area (Å²) in [6.07, 6.45) is -1.91. The summed E-state index contributed by atoms with van der Waals surface area (Å²) >= 11 is 0. The van der Waals surface area contributed by atoms with E-state index in [1.54, 1.807) is 17.7 Å². The highest BCUT2D eigenvalue weighted by molar-refractivity contribution is 6.19. The molecule has 0 bridgehead atoms. The Bertz CT molecular complexity index is 1580. The average Bonchev–Trinajstić information content (AvgIpc) is 3.12. The molecule has 0 spiro atoms. The zero-order chi connectivity index (χ0) is 26.5. The quantitative estimate of drug-likeness (QED) is 0.493. The molecular formula is C24H18F4N4O5. The van der Waals surface area contributed by atoms with Crippen LogP contribution in [0, 0.1) is 12.7 Å². The first-order valence-electron chi connectivity index (χ1n) is 11.2. The van der Waals surface area contributed by atoms with E-state index >= 15 is 0 Å². The predicted molar refractivity (Wildman–Crippen MR) is 117 cm³/mol. The number of rotatable bonds is 4. The number of hydrogen-bond acceptors (Lipinski definition) is 6. The number of amides is 1. The number of ketones is 1. The van der Waals surface area contributed by atoms with E-state index in [2.05, 4.69) is 9.72 Å². The Morgan fingerprint density at radius 3 is 2.59 bits per heavy atom. The summed E-state index contributed by atoms with van der Waals surface area (Å²) in [5, 5.41) is 0. The van der Waals surface area contributed by atoms with E-state index in [0.717, 1.165) is 6.07 Å². The van der Waals surface area contributed by atoms with Crippen molar-refractivity contribution in [3.63, 3.8) is 0 Å². The van der Waals surface area contributed by atoms with Crippen molar-refractivity contribution in [2.45, 2.75) is 37.8 Å². The largest absolute Gasteiger partial charge is 0.573 e. The molecule has 13 heteroatoms.